The fourth-order valence-electron chi connectivity index (χ4n) is 2.83. The molecule has 8 nitrogen and oxygen atoms in total. The number of methoxy groups -OCH3 is 1. The molecule has 142 valence electrons. The van der Waals surface area contributed by atoms with Crippen LogP contribution in [-0.4, -0.2) is 53.8 Å². The Kier molecular flexibility index (Phi) is 5.58. The number of β-amino-alcohol motifs (C(OH)–C–C–N with tert-alkyl or cyclic N) is 1. The highest BCUT2D eigenvalue weighted by molar-refractivity contribution is 6.08. The molecule has 0 radical (unpaired) electrons. The van der Waals surface area contributed by atoms with Gasteiger partial charge in [0.15, 0.2) is 0 Å². The molecule has 0 saturated heterocycles. The summed E-state index contributed by atoms with van der Waals surface area (Å²) >= 11 is 0. The van der Waals surface area contributed by atoms with E-state index in [4.69, 9.17) is 19.4 Å². The highest BCUT2D eigenvalue weighted by Gasteiger charge is 2.34. The van der Waals surface area contributed by atoms with Crippen LogP contribution in [0.25, 0.3) is 11.3 Å². The van der Waals surface area contributed by atoms with E-state index in [1.807, 2.05) is 0 Å². The number of rotatable bonds is 7. The summed E-state index contributed by atoms with van der Waals surface area (Å²) in [6, 6.07) is 10.6. The summed E-state index contributed by atoms with van der Waals surface area (Å²) in [5.41, 5.74) is 1.78. The lowest BCUT2D eigenvalue weighted by Crippen LogP contribution is -2.31. The number of nitrogens with zero attached hydrogens (tertiary/aromatic N) is 1. The number of amides is 1. The molecule has 8 heteroatoms. The van der Waals surface area contributed by atoms with E-state index in [1.165, 1.54) is 12.0 Å². The molecule has 0 spiro atoms. The Labute approximate surface area is 155 Å². The van der Waals surface area contributed by atoms with Crippen LogP contribution >= 0.6 is 0 Å². The fourth-order valence-corrected chi connectivity index (χ4v) is 2.83. The zero-order valence-corrected chi connectivity index (χ0v) is 14.8. The van der Waals surface area contributed by atoms with Gasteiger partial charge in [-0.3, -0.25) is 4.79 Å². The van der Waals surface area contributed by atoms with Gasteiger partial charge in [0.1, 0.15) is 23.8 Å². The van der Waals surface area contributed by atoms with Gasteiger partial charge in [-0.05, 0) is 36.4 Å². The predicted molar refractivity (Wildman–Crippen MR) is 96.4 cm³/mol. The van der Waals surface area contributed by atoms with Gasteiger partial charge in [0, 0.05) is 17.8 Å². The molecule has 0 saturated carbocycles. The maximum absolute atomic E-state index is 12.5. The number of hydrogen-bond acceptors (Lipinski definition) is 7. The molecule has 3 N–H and O–H groups in total. The number of ether oxygens (including phenoxy) is 1. The first-order valence-electron chi connectivity index (χ1n) is 8.36. The number of aliphatic hydroxyl groups is 2. The minimum absolute atomic E-state index is 0.0861. The van der Waals surface area contributed by atoms with Crippen molar-refractivity contribution in [2.75, 3.05) is 32.1 Å². The highest BCUT2D eigenvalue weighted by Crippen LogP contribution is 2.26. The third kappa shape index (κ3) is 3.86. The Morgan fingerprint density at radius 2 is 1.96 bits per heavy atom. The highest BCUT2D eigenvalue weighted by atomic mass is 16.5. The molecule has 1 aromatic carbocycles. The molecule has 0 fully saturated rings. The molecule has 1 aromatic heterocycles. The molecular formula is C19H20N2O6. The summed E-state index contributed by atoms with van der Waals surface area (Å²) in [4.78, 5) is 25.9. The van der Waals surface area contributed by atoms with Crippen LogP contribution in [0.4, 0.5) is 5.69 Å². The summed E-state index contributed by atoms with van der Waals surface area (Å²) in [5.74, 6) is 0.133. The third-order valence-corrected chi connectivity index (χ3v) is 4.21. The van der Waals surface area contributed by atoms with Gasteiger partial charge in [0.05, 0.1) is 25.8 Å². The molecule has 27 heavy (non-hydrogen) atoms. The summed E-state index contributed by atoms with van der Waals surface area (Å²) in [6.07, 6.45) is 0. The number of anilines is 1. The van der Waals surface area contributed by atoms with Gasteiger partial charge in [-0.25, -0.2) is 4.79 Å². The molecule has 2 heterocycles. The number of esters is 1. The van der Waals surface area contributed by atoms with Gasteiger partial charge in [0.25, 0.3) is 5.91 Å². The van der Waals surface area contributed by atoms with Crippen molar-refractivity contribution in [3.05, 3.63) is 53.4 Å². The van der Waals surface area contributed by atoms with E-state index in [0.717, 1.165) is 5.56 Å². The van der Waals surface area contributed by atoms with Crippen LogP contribution in [0.3, 0.4) is 0 Å². The summed E-state index contributed by atoms with van der Waals surface area (Å²) < 4.78 is 10.2. The van der Waals surface area contributed by atoms with Crippen LogP contribution < -0.4 is 5.32 Å². The van der Waals surface area contributed by atoms with Crippen molar-refractivity contribution >= 4 is 17.6 Å². The fraction of sp³-hybridized carbons (Fsp3) is 0.263. The Balaban J connectivity index is 1.81. The van der Waals surface area contributed by atoms with Crippen molar-refractivity contribution in [1.29, 1.82) is 0 Å². The van der Waals surface area contributed by atoms with Crippen molar-refractivity contribution in [1.82, 2.24) is 4.90 Å². The maximum Gasteiger partial charge on any atom is 0.337 e. The molecule has 0 aliphatic carbocycles. The van der Waals surface area contributed by atoms with E-state index in [1.54, 1.807) is 36.4 Å². The Morgan fingerprint density at radius 3 is 2.56 bits per heavy atom. The van der Waals surface area contributed by atoms with E-state index in [-0.39, 0.29) is 43.5 Å². The quantitative estimate of drug-likeness (QED) is 0.624. The molecule has 0 bridgehead atoms. The summed E-state index contributed by atoms with van der Waals surface area (Å²) in [7, 11) is 1.25. The van der Waals surface area contributed by atoms with Crippen LogP contribution in [0.15, 0.2) is 52.1 Å². The Morgan fingerprint density at radius 1 is 1.22 bits per heavy atom. The lowest BCUT2D eigenvalue weighted by Gasteiger charge is -2.15. The first kappa shape index (κ1) is 18.7. The normalized spacial score (nSPS) is 14.0. The smallest absolute Gasteiger partial charge is 0.337 e. The molecule has 2 aromatic rings. The topological polar surface area (TPSA) is 112 Å². The monoisotopic (exact) mass is 372 g/mol. The summed E-state index contributed by atoms with van der Waals surface area (Å²) in [5, 5.41) is 21.1. The zero-order valence-electron chi connectivity index (χ0n) is 14.8. The van der Waals surface area contributed by atoms with Crippen molar-refractivity contribution in [3.63, 3.8) is 0 Å². The van der Waals surface area contributed by atoms with Gasteiger partial charge < -0.3 is 29.6 Å². The second-order valence-electron chi connectivity index (χ2n) is 5.92. The van der Waals surface area contributed by atoms with E-state index >= 15 is 0 Å². The van der Waals surface area contributed by atoms with E-state index in [2.05, 4.69) is 5.32 Å². The number of benzene rings is 1. The first-order valence-corrected chi connectivity index (χ1v) is 8.36. The second-order valence-corrected chi connectivity index (χ2v) is 5.92. The number of hydrogen-bond donors (Lipinski definition) is 3. The molecule has 1 amide bonds. The number of nitrogens with one attached hydrogen (secondary N) is 1. The average Bonchev–Trinajstić information content (AvgIpc) is 3.29. The van der Waals surface area contributed by atoms with Crippen molar-refractivity contribution in [2.24, 2.45) is 0 Å². The van der Waals surface area contributed by atoms with Gasteiger partial charge in [0.2, 0.25) is 0 Å². The predicted octanol–water partition coefficient (Wildman–Crippen LogP) is 1.11. The van der Waals surface area contributed by atoms with Crippen LogP contribution in [-0.2, 0) is 20.9 Å². The molecule has 3 rings (SSSR count). The van der Waals surface area contributed by atoms with E-state index in [9.17, 15) is 9.59 Å². The number of carbonyl (C=O) groups is 2. The number of furan rings is 1. The average molecular weight is 372 g/mol. The maximum atomic E-state index is 12.5. The minimum Gasteiger partial charge on any atom is -0.466 e. The standard InChI is InChI=1S/C19H20N2O6/c1-26-19(25)15-10-21(8-9-22)18(24)17(15)20-13-4-2-12(3-5-13)16-7-6-14(11-23)27-16/h2-7,20,22-23H,8-11H2,1H3. The van der Waals surface area contributed by atoms with E-state index < -0.39 is 5.97 Å². The molecule has 1 aliphatic heterocycles. The Bertz CT molecular complexity index is 869. The van der Waals surface area contributed by atoms with Crippen molar-refractivity contribution in [3.8, 4) is 11.3 Å². The van der Waals surface area contributed by atoms with Gasteiger partial charge in [-0.1, -0.05) is 0 Å². The number of aliphatic hydroxyl groups excluding tert-OH is 2. The second kappa shape index (κ2) is 8.07. The first-order chi connectivity index (χ1) is 13.1. The largest absolute Gasteiger partial charge is 0.466 e. The van der Waals surface area contributed by atoms with Crippen molar-refractivity contribution in [2.45, 2.75) is 6.61 Å². The minimum atomic E-state index is -0.588. The van der Waals surface area contributed by atoms with Crippen LogP contribution in [0, 0.1) is 0 Å². The van der Waals surface area contributed by atoms with Crippen molar-refractivity contribution < 1.29 is 29.0 Å². The third-order valence-electron chi connectivity index (χ3n) is 4.21. The lowest BCUT2D eigenvalue weighted by molar-refractivity contribution is -0.136. The van der Waals surface area contributed by atoms with E-state index in [0.29, 0.717) is 17.2 Å². The zero-order chi connectivity index (χ0) is 19.4. The molecule has 1 aliphatic rings. The van der Waals surface area contributed by atoms with Crippen LogP contribution in [0.1, 0.15) is 5.76 Å². The molecular weight excluding hydrogens is 352 g/mol. The van der Waals surface area contributed by atoms with Gasteiger partial charge in [-0.2, -0.15) is 0 Å². The van der Waals surface area contributed by atoms with Gasteiger partial charge >= 0.3 is 5.97 Å². The Hall–Kier alpha value is -3.10. The van der Waals surface area contributed by atoms with Crippen LogP contribution in [0.2, 0.25) is 0 Å². The van der Waals surface area contributed by atoms with Gasteiger partial charge in [-0.15, -0.1) is 0 Å². The molecule has 0 atom stereocenters. The summed E-state index contributed by atoms with van der Waals surface area (Å²) in [6.45, 7) is -0.143. The van der Waals surface area contributed by atoms with Crippen LogP contribution in [0.5, 0.6) is 0 Å². The SMILES string of the molecule is COC(=O)C1=C(Nc2ccc(-c3ccc(CO)o3)cc2)C(=O)N(CCO)C1. The number of carbonyl (C=O) groups excluding carboxylic acids is 2. The molecule has 0 unspecified atom stereocenters. The lowest BCUT2D eigenvalue weighted by atomic mass is 10.1.